The van der Waals surface area contributed by atoms with E-state index in [1.807, 2.05) is 0 Å². The maximum Gasteiger partial charge on any atom is 0.196 e. The monoisotopic (exact) mass is 357 g/mol. The van der Waals surface area contributed by atoms with E-state index < -0.39 is 0 Å². The second kappa shape index (κ2) is 6.99. The van der Waals surface area contributed by atoms with Gasteiger partial charge in [0, 0.05) is 17.0 Å². The van der Waals surface area contributed by atoms with Gasteiger partial charge in [-0.3, -0.25) is 4.79 Å². The third-order valence-corrected chi connectivity index (χ3v) is 4.16. The number of nitrogens with zero attached hydrogens (tertiary/aromatic N) is 1. The predicted octanol–water partition coefficient (Wildman–Crippen LogP) is 4.15. The van der Waals surface area contributed by atoms with Crippen LogP contribution in [0.2, 0.25) is 5.15 Å². The van der Waals surface area contributed by atoms with E-state index in [-0.39, 0.29) is 10.9 Å². The Labute approximate surface area is 150 Å². The predicted molar refractivity (Wildman–Crippen MR) is 96.3 cm³/mol. The Bertz CT molecular complexity index is 938. The average molecular weight is 358 g/mol. The first-order valence-electron chi connectivity index (χ1n) is 7.48. The molecule has 0 fully saturated rings. The van der Waals surface area contributed by atoms with Gasteiger partial charge < -0.3 is 14.2 Å². The van der Waals surface area contributed by atoms with Crippen molar-refractivity contribution in [3.63, 3.8) is 0 Å². The van der Waals surface area contributed by atoms with Gasteiger partial charge in [-0.25, -0.2) is 4.98 Å². The summed E-state index contributed by atoms with van der Waals surface area (Å²) in [5.74, 6) is 1.57. The Kier molecular flexibility index (Phi) is 4.76. The van der Waals surface area contributed by atoms with Crippen LogP contribution in [0, 0.1) is 0 Å². The van der Waals surface area contributed by atoms with Crippen molar-refractivity contribution in [2.45, 2.75) is 0 Å². The van der Waals surface area contributed by atoms with Crippen molar-refractivity contribution >= 4 is 28.3 Å². The number of rotatable bonds is 5. The Morgan fingerprint density at radius 2 is 1.56 bits per heavy atom. The molecule has 0 saturated carbocycles. The lowest BCUT2D eigenvalue weighted by atomic mass is 10.0. The quantitative estimate of drug-likeness (QED) is 0.507. The summed E-state index contributed by atoms with van der Waals surface area (Å²) in [5.41, 5.74) is 1.45. The molecule has 3 aromatic rings. The smallest absolute Gasteiger partial charge is 0.196 e. The fourth-order valence-electron chi connectivity index (χ4n) is 2.53. The third kappa shape index (κ3) is 3.23. The summed E-state index contributed by atoms with van der Waals surface area (Å²) in [6, 6.07) is 12.0. The second-order valence-corrected chi connectivity index (χ2v) is 5.64. The van der Waals surface area contributed by atoms with Crippen LogP contribution in [0.25, 0.3) is 10.9 Å². The lowest BCUT2D eigenvalue weighted by Crippen LogP contribution is -2.04. The van der Waals surface area contributed by atoms with Crippen LogP contribution in [0.15, 0.2) is 42.5 Å². The van der Waals surface area contributed by atoms with Crippen LogP contribution in [-0.2, 0) is 0 Å². The van der Waals surface area contributed by atoms with E-state index in [0.29, 0.717) is 33.9 Å². The second-order valence-electron chi connectivity index (χ2n) is 5.28. The lowest BCUT2D eigenvalue weighted by molar-refractivity contribution is 0.103. The van der Waals surface area contributed by atoms with E-state index in [0.717, 1.165) is 5.39 Å². The van der Waals surface area contributed by atoms with Crippen molar-refractivity contribution in [2.75, 3.05) is 21.3 Å². The molecule has 25 heavy (non-hydrogen) atoms. The van der Waals surface area contributed by atoms with Crippen LogP contribution in [0.4, 0.5) is 0 Å². The first-order chi connectivity index (χ1) is 12.1. The van der Waals surface area contributed by atoms with E-state index in [1.165, 1.54) is 0 Å². The molecule has 1 heterocycles. The van der Waals surface area contributed by atoms with Gasteiger partial charge in [0.15, 0.2) is 17.3 Å². The molecule has 3 rings (SSSR count). The van der Waals surface area contributed by atoms with Gasteiger partial charge >= 0.3 is 0 Å². The van der Waals surface area contributed by atoms with Crippen LogP contribution in [0.5, 0.6) is 17.2 Å². The maximum atomic E-state index is 12.8. The number of methoxy groups -OCH3 is 3. The number of ether oxygens (including phenoxy) is 3. The van der Waals surface area contributed by atoms with Gasteiger partial charge in [-0.1, -0.05) is 11.6 Å². The Balaban J connectivity index is 2.08. The Hall–Kier alpha value is -2.79. The molecule has 0 amide bonds. The molecule has 0 bridgehead atoms. The molecule has 0 N–H and O–H groups in total. The van der Waals surface area contributed by atoms with Crippen LogP contribution >= 0.6 is 11.6 Å². The molecule has 0 atom stereocenters. The van der Waals surface area contributed by atoms with Crippen LogP contribution in [0.3, 0.4) is 0 Å². The maximum absolute atomic E-state index is 12.8. The molecule has 0 aliphatic carbocycles. The molecule has 0 spiro atoms. The molecule has 0 aliphatic rings. The number of ketones is 1. The summed E-state index contributed by atoms with van der Waals surface area (Å²) in [6.45, 7) is 0. The fourth-order valence-corrected chi connectivity index (χ4v) is 2.77. The number of hydrogen-bond acceptors (Lipinski definition) is 5. The fraction of sp³-hybridized carbons (Fsp3) is 0.158. The largest absolute Gasteiger partial charge is 0.497 e. The van der Waals surface area contributed by atoms with Crippen molar-refractivity contribution in [3.05, 3.63) is 58.7 Å². The van der Waals surface area contributed by atoms with Crippen LogP contribution in [-0.4, -0.2) is 32.1 Å². The molecule has 0 saturated heterocycles. The number of aromatic nitrogens is 1. The first kappa shape index (κ1) is 17.0. The van der Waals surface area contributed by atoms with Crippen LogP contribution < -0.4 is 14.2 Å². The van der Waals surface area contributed by atoms with E-state index in [1.54, 1.807) is 63.8 Å². The van der Waals surface area contributed by atoms with Crippen molar-refractivity contribution in [1.82, 2.24) is 4.98 Å². The van der Waals surface area contributed by atoms with Gasteiger partial charge in [0.25, 0.3) is 0 Å². The van der Waals surface area contributed by atoms with Gasteiger partial charge in [-0.2, -0.15) is 0 Å². The SMILES string of the molecule is COc1ccc(C(=O)c2cc3cc(OC)c(OC)cc3nc2Cl)cc1. The number of benzene rings is 2. The Morgan fingerprint density at radius 3 is 2.16 bits per heavy atom. The molecule has 5 nitrogen and oxygen atoms in total. The summed E-state index contributed by atoms with van der Waals surface area (Å²) in [7, 11) is 4.67. The number of carbonyl (C=O) groups excluding carboxylic acids is 1. The summed E-state index contributed by atoms with van der Waals surface area (Å²) in [6.07, 6.45) is 0. The molecule has 2 aromatic carbocycles. The van der Waals surface area contributed by atoms with Crippen molar-refractivity contribution in [3.8, 4) is 17.2 Å². The molecule has 6 heteroatoms. The van der Waals surface area contributed by atoms with Gasteiger partial charge in [-0.15, -0.1) is 0 Å². The zero-order valence-corrected chi connectivity index (χ0v) is 14.8. The number of halogens is 1. The molecule has 128 valence electrons. The number of hydrogen-bond donors (Lipinski definition) is 0. The molecular weight excluding hydrogens is 342 g/mol. The highest BCUT2D eigenvalue weighted by atomic mass is 35.5. The molecule has 1 aromatic heterocycles. The summed E-state index contributed by atoms with van der Waals surface area (Å²) < 4.78 is 15.7. The number of carbonyl (C=O) groups is 1. The summed E-state index contributed by atoms with van der Waals surface area (Å²) in [4.78, 5) is 17.1. The topological polar surface area (TPSA) is 57.7 Å². The van der Waals surface area contributed by atoms with Gasteiger partial charge in [0.2, 0.25) is 0 Å². The van der Waals surface area contributed by atoms with Crippen LogP contribution in [0.1, 0.15) is 15.9 Å². The number of fused-ring (bicyclic) bond motifs is 1. The lowest BCUT2D eigenvalue weighted by Gasteiger charge is -2.11. The zero-order chi connectivity index (χ0) is 18.0. The van der Waals surface area contributed by atoms with E-state index >= 15 is 0 Å². The first-order valence-corrected chi connectivity index (χ1v) is 7.86. The Morgan fingerprint density at radius 1 is 0.920 bits per heavy atom. The average Bonchev–Trinajstić information content (AvgIpc) is 2.65. The molecule has 0 radical (unpaired) electrons. The van der Waals surface area contributed by atoms with Crippen molar-refractivity contribution < 1.29 is 19.0 Å². The molecule has 0 aliphatic heterocycles. The normalized spacial score (nSPS) is 10.6. The standard InChI is InChI=1S/C19H16ClNO4/c1-23-13-6-4-11(5-7-13)18(22)14-8-12-9-16(24-2)17(25-3)10-15(12)21-19(14)20/h4-10H,1-3H3. The summed E-state index contributed by atoms with van der Waals surface area (Å²) >= 11 is 6.25. The van der Waals surface area contributed by atoms with E-state index in [4.69, 9.17) is 25.8 Å². The highest BCUT2D eigenvalue weighted by Crippen LogP contribution is 2.33. The highest BCUT2D eigenvalue weighted by molar-refractivity contribution is 6.34. The minimum absolute atomic E-state index is 0.139. The van der Waals surface area contributed by atoms with E-state index in [9.17, 15) is 4.79 Å². The van der Waals surface area contributed by atoms with Gasteiger partial charge in [0.05, 0.1) is 32.4 Å². The number of pyridine rings is 1. The third-order valence-electron chi connectivity index (χ3n) is 3.87. The zero-order valence-electron chi connectivity index (χ0n) is 14.0. The summed E-state index contributed by atoms with van der Waals surface area (Å²) in [5, 5.41) is 0.874. The highest BCUT2D eigenvalue weighted by Gasteiger charge is 2.17. The molecule has 0 unspecified atom stereocenters. The minimum Gasteiger partial charge on any atom is -0.497 e. The molecular formula is C19H16ClNO4. The van der Waals surface area contributed by atoms with Gasteiger partial charge in [-0.05, 0) is 36.4 Å². The van der Waals surface area contributed by atoms with E-state index in [2.05, 4.69) is 4.98 Å². The minimum atomic E-state index is -0.211. The van der Waals surface area contributed by atoms with Gasteiger partial charge in [0.1, 0.15) is 10.9 Å². The van der Waals surface area contributed by atoms with Crippen molar-refractivity contribution in [2.24, 2.45) is 0 Å². The van der Waals surface area contributed by atoms with Crippen molar-refractivity contribution in [1.29, 1.82) is 0 Å².